The lowest BCUT2D eigenvalue weighted by atomic mass is 10.3. The van der Waals surface area contributed by atoms with Gasteiger partial charge in [0.2, 0.25) is 0 Å². The molecule has 1 aromatic carbocycles. The molecule has 0 aliphatic carbocycles. The minimum Gasteiger partial charge on any atom is -0.493 e. The summed E-state index contributed by atoms with van der Waals surface area (Å²) in [5, 5.41) is 10.2. The van der Waals surface area contributed by atoms with Crippen molar-refractivity contribution in [1.82, 2.24) is 4.98 Å². The zero-order chi connectivity index (χ0) is 12.8. The van der Waals surface area contributed by atoms with Gasteiger partial charge in [0.1, 0.15) is 5.75 Å². The van der Waals surface area contributed by atoms with Crippen LogP contribution in [0.3, 0.4) is 0 Å². The second-order valence-electron chi connectivity index (χ2n) is 3.61. The van der Waals surface area contributed by atoms with Crippen LogP contribution in [0, 0.1) is 11.3 Å². The third-order valence-electron chi connectivity index (χ3n) is 2.24. The summed E-state index contributed by atoms with van der Waals surface area (Å²) in [7, 11) is 0. The molecule has 2 aromatic rings. The number of hydrogen-bond acceptors (Lipinski definition) is 4. The molecule has 0 saturated heterocycles. The smallest absolute Gasteiger partial charge is 0.120 e. The van der Waals surface area contributed by atoms with Crippen LogP contribution in [0.4, 0.5) is 0 Å². The van der Waals surface area contributed by atoms with E-state index in [1.807, 2.05) is 18.2 Å². The lowest BCUT2D eigenvalue weighted by molar-refractivity contribution is 0.322. The first-order chi connectivity index (χ1) is 8.78. The fourth-order valence-corrected chi connectivity index (χ4v) is 2.45. The van der Waals surface area contributed by atoms with Crippen molar-refractivity contribution in [1.29, 1.82) is 5.26 Å². The molecule has 0 amide bonds. The molecule has 0 aliphatic heterocycles. The van der Waals surface area contributed by atoms with Gasteiger partial charge in [-0.15, -0.1) is 11.3 Å². The van der Waals surface area contributed by atoms with Crippen LogP contribution in [-0.2, 0) is 12.8 Å². The number of hydrogen-bond donors (Lipinski definition) is 0. The average Bonchev–Trinajstić information content (AvgIpc) is 2.78. The van der Waals surface area contributed by atoms with Gasteiger partial charge in [-0.05, 0) is 18.2 Å². The van der Waals surface area contributed by atoms with Gasteiger partial charge in [-0.3, -0.25) is 0 Å². The van der Waals surface area contributed by atoms with Crippen molar-refractivity contribution in [3.05, 3.63) is 45.4 Å². The first kappa shape index (κ1) is 12.9. The first-order valence-corrected chi connectivity index (χ1v) is 6.66. The Balaban J connectivity index is 1.83. The number of halogens is 1. The van der Waals surface area contributed by atoms with Crippen LogP contribution in [0.1, 0.15) is 9.88 Å². The molecule has 5 heteroatoms. The number of nitrogens with zero attached hydrogens (tertiary/aromatic N) is 2. The van der Waals surface area contributed by atoms with Gasteiger partial charge in [0.25, 0.3) is 0 Å². The van der Waals surface area contributed by atoms with Gasteiger partial charge in [-0.1, -0.05) is 17.7 Å². The Hall–Kier alpha value is -1.57. The van der Waals surface area contributed by atoms with Crippen molar-refractivity contribution in [3.8, 4) is 11.8 Å². The summed E-state index contributed by atoms with van der Waals surface area (Å²) in [6, 6.07) is 9.42. The number of thiazole rings is 1. The topological polar surface area (TPSA) is 45.9 Å². The Morgan fingerprint density at radius 2 is 2.33 bits per heavy atom. The zero-order valence-corrected chi connectivity index (χ0v) is 11.2. The Kier molecular flexibility index (Phi) is 4.57. The van der Waals surface area contributed by atoms with Crippen LogP contribution >= 0.6 is 22.9 Å². The van der Waals surface area contributed by atoms with E-state index in [1.54, 1.807) is 23.6 Å². The molecule has 0 N–H and O–H groups in total. The van der Waals surface area contributed by atoms with E-state index in [-0.39, 0.29) is 0 Å². The van der Waals surface area contributed by atoms with E-state index in [0.717, 1.165) is 22.1 Å². The second-order valence-corrected chi connectivity index (χ2v) is 5.25. The zero-order valence-electron chi connectivity index (χ0n) is 9.60. The van der Waals surface area contributed by atoms with E-state index >= 15 is 0 Å². The van der Waals surface area contributed by atoms with E-state index in [9.17, 15) is 0 Å². The Morgan fingerprint density at radius 1 is 1.44 bits per heavy atom. The summed E-state index contributed by atoms with van der Waals surface area (Å²) in [5.41, 5.74) is 0. The van der Waals surface area contributed by atoms with Gasteiger partial charge in [0, 0.05) is 22.5 Å². The number of nitriles is 1. The Bertz CT molecular complexity index is 562. The van der Waals surface area contributed by atoms with Gasteiger partial charge >= 0.3 is 0 Å². The molecule has 0 spiro atoms. The van der Waals surface area contributed by atoms with Crippen LogP contribution in [0.5, 0.6) is 5.75 Å². The van der Waals surface area contributed by atoms with Gasteiger partial charge < -0.3 is 4.74 Å². The van der Waals surface area contributed by atoms with Crippen LogP contribution in [0.2, 0.25) is 5.02 Å². The Morgan fingerprint density at radius 3 is 3.11 bits per heavy atom. The third-order valence-corrected chi connectivity index (χ3v) is 3.53. The number of rotatable bonds is 5. The molecule has 0 saturated carbocycles. The fraction of sp³-hybridized carbons (Fsp3) is 0.231. The maximum Gasteiger partial charge on any atom is 0.120 e. The first-order valence-electron chi connectivity index (χ1n) is 5.47. The monoisotopic (exact) mass is 278 g/mol. The third kappa shape index (κ3) is 3.73. The van der Waals surface area contributed by atoms with Crippen LogP contribution in [0.15, 0.2) is 30.5 Å². The molecule has 2 rings (SSSR count). The van der Waals surface area contributed by atoms with Gasteiger partial charge in [-0.25, -0.2) is 4.98 Å². The van der Waals surface area contributed by atoms with Crippen molar-refractivity contribution in [3.63, 3.8) is 0 Å². The lowest BCUT2D eigenvalue weighted by Gasteiger charge is -2.04. The molecule has 92 valence electrons. The summed E-state index contributed by atoms with van der Waals surface area (Å²) in [6.07, 6.45) is 2.91. The standard InChI is InChI=1S/C13H11ClN2OS/c14-10-2-1-3-11(8-10)17-7-5-13-16-9-12(18-13)4-6-15/h1-3,8-9H,4-5,7H2. The minimum absolute atomic E-state index is 0.423. The largest absolute Gasteiger partial charge is 0.493 e. The molecule has 0 bridgehead atoms. The summed E-state index contributed by atoms with van der Waals surface area (Å²) >= 11 is 7.41. The molecular weight excluding hydrogens is 268 g/mol. The van der Waals surface area contributed by atoms with Crippen molar-refractivity contribution in [2.75, 3.05) is 6.61 Å². The van der Waals surface area contributed by atoms with E-state index in [2.05, 4.69) is 11.1 Å². The quantitative estimate of drug-likeness (QED) is 0.841. The van der Waals surface area contributed by atoms with Gasteiger partial charge in [0.05, 0.1) is 24.1 Å². The fourth-order valence-electron chi connectivity index (χ4n) is 1.44. The maximum absolute atomic E-state index is 8.57. The molecular formula is C13H11ClN2OS. The van der Waals surface area contributed by atoms with Gasteiger partial charge in [-0.2, -0.15) is 5.26 Å². The van der Waals surface area contributed by atoms with E-state index in [0.29, 0.717) is 18.1 Å². The predicted octanol–water partition coefficient (Wildman–Crippen LogP) is 3.48. The number of benzene rings is 1. The Labute approximate surface area is 115 Å². The molecule has 1 heterocycles. The van der Waals surface area contributed by atoms with Crippen molar-refractivity contribution < 1.29 is 4.74 Å². The van der Waals surface area contributed by atoms with Crippen molar-refractivity contribution in [2.24, 2.45) is 0 Å². The SMILES string of the molecule is N#CCc1cnc(CCOc2cccc(Cl)c2)s1. The molecule has 0 atom stereocenters. The molecule has 3 nitrogen and oxygen atoms in total. The van der Waals surface area contributed by atoms with Crippen LogP contribution in [-0.4, -0.2) is 11.6 Å². The van der Waals surface area contributed by atoms with Crippen LogP contribution in [0.25, 0.3) is 0 Å². The summed E-state index contributed by atoms with van der Waals surface area (Å²) in [6.45, 7) is 0.555. The second kappa shape index (κ2) is 6.39. The molecule has 0 fully saturated rings. The minimum atomic E-state index is 0.423. The highest BCUT2D eigenvalue weighted by atomic mass is 35.5. The molecule has 1 aromatic heterocycles. The van der Waals surface area contributed by atoms with E-state index < -0.39 is 0 Å². The average molecular weight is 279 g/mol. The number of aromatic nitrogens is 1. The number of ether oxygens (including phenoxy) is 1. The normalized spacial score (nSPS) is 10.0. The molecule has 0 unspecified atom stereocenters. The molecule has 0 aliphatic rings. The summed E-state index contributed by atoms with van der Waals surface area (Å²) in [5.74, 6) is 0.760. The van der Waals surface area contributed by atoms with Crippen molar-refractivity contribution >= 4 is 22.9 Å². The van der Waals surface area contributed by atoms with Crippen LogP contribution < -0.4 is 4.74 Å². The molecule has 18 heavy (non-hydrogen) atoms. The summed E-state index contributed by atoms with van der Waals surface area (Å²) in [4.78, 5) is 5.24. The highest BCUT2D eigenvalue weighted by Gasteiger charge is 2.02. The predicted molar refractivity (Wildman–Crippen MR) is 72.1 cm³/mol. The molecule has 0 radical (unpaired) electrons. The van der Waals surface area contributed by atoms with E-state index in [1.165, 1.54) is 0 Å². The van der Waals surface area contributed by atoms with Gasteiger partial charge in [0.15, 0.2) is 0 Å². The van der Waals surface area contributed by atoms with E-state index in [4.69, 9.17) is 21.6 Å². The summed E-state index contributed by atoms with van der Waals surface area (Å²) < 4.78 is 5.58. The lowest BCUT2D eigenvalue weighted by Crippen LogP contribution is -2.00. The highest BCUT2D eigenvalue weighted by molar-refractivity contribution is 7.11. The maximum atomic E-state index is 8.57. The van der Waals surface area contributed by atoms with Crippen molar-refractivity contribution in [2.45, 2.75) is 12.8 Å². The highest BCUT2D eigenvalue weighted by Crippen LogP contribution is 2.18.